The lowest BCUT2D eigenvalue weighted by Gasteiger charge is -2.55. The molecule has 6 nitrogen and oxygen atoms in total. The van der Waals surface area contributed by atoms with Crippen molar-refractivity contribution in [2.24, 2.45) is 23.2 Å². The number of hydrogen-bond acceptors (Lipinski definition) is 6. The van der Waals surface area contributed by atoms with Gasteiger partial charge in [-0.15, -0.1) is 0 Å². The number of allylic oxidation sites excluding steroid dienone is 1. The minimum absolute atomic E-state index is 0.0400. The minimum atomic E-state index is -0.459. The molecule has 1 spiro atoms. The summed E-state index contributed by atoms with van der Waals surface area (Å²) in [7, 11) is 1.39. The molecule has 2 saturated heterocycles. The highest BCUT2D eigenvalue weighted by Crippen LogP contribution is 2.60. The number of ether oxygens (including phenoxy) is 3. The standard InChI is InChI=1S/C20H30O6/c1-19(2)16(22)7-5-11-13(20(10-26-20)8-14(21)17(11)19)6-4-12(15-9-25-15)18(23)24-3/h4,11,13-17,21-22H,5-10H2,1-3H3. The number of rotatable bonds is 4. The van der Waals surface area contributed by atoms with Gasteiger partial charge >= 0.3 is 5.97 Å². The number of aliphatic hydroxyl groups is 2. The van der Waals surface area contributed by atoms with Crippen molar-refractivity contribution in [2.45, 2.75) is 63.4 Å². The second kappa shape index (κ2) is 6.30. The van der Waals surface area contributed by atoms with E-state index < -0.39 is 12.2 Å². The lowest BCUT2D eigenvalue weighted by atomic mass is 9.51. The average molecular weight is 366 g/mol. The van der Waals surface area contributed by atoms with Gasteiger partial charge in [-0.25, -0.2) is 4.79 Å². The Morgan fingerprint density at radius 2 is 2.00 bits per heavy atom. The number of esters is 1. The Balaban J connectivity index is 1.60. The average Bonchev–Trinajstić information content (AvgIpc) is 3.49. The van der Waals surface area contributed by atoms with Crippen LogP contribution in [0.5, 0.6) is 0 Å². The van der Waals surface area contributed by atoms with Gasteiger partial charge in [-0.1, -0.05) is 19.9 Å². The van der Waals surface area contributed by atoms with Crippen molar-refractivity contribution in [1.82, 2.24) is 0 Å². The molecule has 146 valence electrons. The molecule has 2 heterocycles. The fraction of sp³-hybridized carbons (Fsp3) is 0.850. The molecule has 2 aliphatic heterocycles. The molecule has 0 aromatic carbocycles. The van der Waals surface area contributed by atoms with Gasteiger partial charge in [0.05, 0.1) is 43.7 Å². The Labute approximate surface area is 154 Å². The molecule has 0 aromatic rings. The summed E-state index contributed by atoms with van der Waals surface area (Å²) in [6.45, 7) is 5.36. The second-order valence-electron chi connectivity index (χ2n) is 9.04. The van der Waals surface area contributed by atoms with Crippen LogP contribution >= 0.6 is 0 Å². The first-order valence-electron chi connectivity index (χ1n) is 9.70. The van der Waals surface area contributed by atoms with Gasteiger partial charge in [-0.05, 0) is 42.4 Å². The van der Waals surface area contributed by atoms with Crippen LogP contribution in [-0.4, -0.2) is 60.4 Å². The number of hydrogen-bond donors (Lipinski definition) is 2. The summed E-state index contributed by atoms with van der Waals surface area (Å²) >= 11 is 0. The summed E-state index contributed by atoms with van der Waals surface area (Å²) in [5.41, 5.74) is -0.00627. The number of carbonyl (C=O) groups excluding carboxylic acids is 1. The van der Waals surface area contributed by atoms with Crippen molar-refractivity contribution >= 4 is 5.97 Å². The van der Waals surface area contributed by atoms with Crippen LogP contribution in [-0.2, 0) is 19.0 Å². The van der Waals surface area contributed by atoms with Crippen molar-refractivity contribution in [2.75, 3.05) is 20.3 Å². The van der Waals surface area contributed by atoms with Gasteiger partial charge in [0.2, 0.25) is 0 Å². The fourth-order valence-corrected chi connectivity index (χ4v) is 5.69. The second-order valence-corrected chi connectivity index (χ2v) is 9.04. The normalized spacial score (nSPS) is 46.6. The summed E-state index contributed by atoms with van der Waals surface area (Å²) in [6.07, 6.45) is 3.91. The van der Waals surface area contributed by atoms with Crippen LogP contribution in [0.2, 0.25) is 0 Å². The van der Waals surface area contributed by atoms with Crippen molar-refractivity contribution in [1.29, 1.82) is 0 Å². The van der Waals surface area contributed by atoms with Gasteiger partial charge < -0.3 is 24.4 Å². The van der Waals surface area contributed by atoms with Crippen LogP contribution in [0.1, 0.15) is 39.5 Å². The van der Waals surface area contributed by atoms with Crippen molar-refractivity contribution in [3.63, 3.8) is 0 Å². The summed E-state index contributed by atoms with van der Waals surface area (Å²) < 4.78 is 16.1. The summed E-state index contributed by atoms with van der Waals surface area (Å²) in [4.78, 5) is 12.0. The third kappa shape index (κ3) is 2.91. The quantitative estimate of drug-likeness (QED) is 0.444. The molecule has 2 N–H and O–H groups in total. The number of carbonyl (C=O) groups is 1. The van der Waals surface area contributed by atoms with Gasteiger partial charge in [0.15, 0.2) is 0 Å². The number of fused-ring (bicyclic) bond motifs is 1. The van der Waals surface area contributed by atoms with E-state index in [-0.39, 0.29) is 40.8 Å². The highest BCUT2D eigenvalue weighted by molar-refractivity contribution is 5.90. The Kier molecular flexibility index (Phi) is 4.46. The molecule has 4 rings (SSSR count). The van der Waals surface area contributed by atoms with Crippen LogP contribution in [0.4, 0.5) is 0 Å². The Morgan fingerprint density at radius 3 is 2.58 bits per heavy atom. The maximum atomic E-state index is 12.0. The zero-order chi connectivity index (χ0) is 18.7. The van der Waals surface area contributed by atoms with Gasteiger partial charge in [0, 0.05) is 6.42 Å². The molecular formula is C20H30O6. The van der Waals surface area contributed by atoms with Crippen LogP contribution in [0.3, 0.4) is 0 Å². The van der Waals surface area contributed by atoms with Crippen molar-refractivity contribution in [3.8, 4) is 0 Å². The van der Waals surface area contributed by atoms with E-state index in [4.69, 9.17) is 14.2 Å². The molecule has 4 fully saturated rings. The molecular weight excluding hydrogens is 336 g/mol. The molecule has 6 heteroatoms. The van der Waals surface area contributed by atoms with Gasteiger partial charge in [0.1, 0.15) is 6.10 Å². The molecule has 26 heavy (non-hydrogen) atoms. The van der Waals surface area contributed by atoms with E-state index in [1.54, 1.807) is 0 Å². The smallest absolute Gasteiger partial charge is 0.336 e. The molecule has 2 saturated carbocycles. The fourth-order valence-electron chi connectivity index (χ4n) is 5.69. The predicted molar refractivity (Wildman–Crippen MR) is 93.3 cm³/mol. The lowest BCUT2D eigenvalue weighted by molar-refractivity contribution is -0.155. The topological polar surface area (TPSA) is 91.8 Å². The number of aliphatic hydroxyl groups excluding tert-OH is 2. The van der Waals surface area contributed by atoms with E-state index in [9.17, 15) is 15.0 Å². The highest BCUT2D eigenvalue weighted by atomic mass is 16.6. The van der Waals surface area contributed by atoms with Gasteiger partial charge in [-0.3, -0.25) is 0 Å². The zero-order valence-corrected chi connectivity index (χ0v) is 15.8. The zero-order valence-electron chi connectivity index (χ0n) is 15.8. The van der Waals surface area contributed by atoms with E-state index >= 15 is 0 Å². The molecule has 2 aliphatic carbocycles. The van der Waals surface area contributed by atoms with Crippen LogP contribution in [0.15, 0.2) is 11.6 Å². The third-order valence-electron chi connectivity index (χ3n) is 7.32. The summed E-state index contributed by atoms with van der Waals surface area (Å²) in [5.74, 6) is 0.222. The summed E-state index contributed by atoms with van der Waals surface area (Å²) in [6, 6.07) is 0. The third-order valence-corrected chi connectivity index (χ3v) is 7.32. The highest BCUT2D eigenvalue weighted by Gasteiger charge is 2.64. The van der Waals surface area contributed by atoms with E-state index in [0.29, 0.717) is 31.6 Å². The van der Waals surface area contributed by atoms with Crippen LogP contribution in [0.25, 0.3) is 0 Å². The maximum Gasteiger partial charge on any atom is 0.336 e. The number of methoxy groups -OCH3 is 1. The largest absolute Gasteiger partial charge is 0.466 e. The van der Waals surface area contributed by atoms with Crippen LogP contribution < -0.4 is 0 Å². The molecule has 0 aromatic heterocycles. The summed E-state index contributed by atoms with van der Waals surface area (Å²) in [5, 5.41) is 21.3. The van der Waals surface area contributed by atoms with Crippen LogP contribution in [0, 0.1) is 23.2 Å². The molecule has 0 radical (unpaired) electrons. The van der Waals surface area contributed by atoms with Gasteiger partial charge in [0.25, 0.3) is 0 Å². The Bertz CT molecular complexity index is 603. The van der Waals surface area contributed by atoms with Crippen molar-refractivity contribution < 1.29 is 29.2 Å². The molecule has 7 atom stereocenters. The predicted octanol–water partition coefficient (Wildman–Crippen LogP) is 1.44. The van der Waals surface area contributed by atoms with Gasteiger partial charge in [-0.2, -0.15) is 0 Å². The molecule has 0 amide bonds. The van der Waals surface area contributed by atoms with E-state index in [1.165, 1.54) is 7.11 Å². The number of epoxide rings is 2. The van der Waals surface area contributed by atoms with E-state index in [2.05, 4.69) is 13.8 Å². The maximum absolute atomic E-state index is 12.0. The SMILES string of the molecule is COC(=O)C(=CCC1C2CCC(O)C(C)(C)C2C(O)CC12CO2)C1CO1. The first kappa shape index (κ1) is 18.4. The van der Waals surface area contributed by atoms with E-state index in [0.717, 1.165) is 12.8 Å². The first-order chi connectivity index (χ1) is 12.3. The van der Waals surface area contributed by atoms with E-state index in [1.807, 2.05) is 6.08 Å². The monoisotopic (exact) mass is 366 g/mol. The van der Waals surface area contributed by atoms with Crippen molar-refractivity contribution in [3.05, 3.63) is 11.6 Å². The Morgan fingerprint density at radius 1 is 1.31 bits per heavy atom. The molecule has 0 bridgehead atoms. The molecule has 4 aliphatic rings. The molecule has 7 unspecified atom stereocenters. The first-order valence-corrected chi connectivity index (χ1v) is 9.70. The Hall–Kier alpha value is -0.950. The lowest BCUT2D eigenvalue weighted by Crippen LogP contribution is -2.58. The minimum Gasteiger partial charge on any atom is -0.466 e.